The number of rotatable bonds is 27. The third-order valence-corrected chi connectivity index (χ3v) is 7.60. The Morgan fingerprint density at radius 2 is 1.05 bits per heavy atom. The number of carbonyl (C=O) groups is 2. The Bertz CT molecular complexity index is 572. The van der Waals surface area contributed by atoms with Crippen molar-refractivity contribution in [1.29, 1.82) is 0 Å². The van der Waals surface area contributed by atoms with Crippen LogP contribution in [0.2, 0.25) is 0 Å². The largest absolute Gasteiger partial charge is 0.481 e. The van der Waals surface area contributed by atoms with Gasteiger partial charge in [0, 0.05) is 6.42 Å². The number of carbonyl (C=O) groups excluding carboxylic acids is 1. The topological polar surface area (TPSA) is 74.6 Å². The second-order valence-corrected chi connectivity index (χ2v) is 12.9. The van der Waals surface area contributed by atoms with Gasteiger partial charge in [-0.1, -0.05) is 136 Å². The summed E-state index contributed by atoms with van der Waals surface area (Å²) in [6.07, 6.45) is 25.9. The average molecular weight is 527 g/mol. The molecule has 37 heavy (non-hydrogen) atoms. The molecule has 2 unspecified atom stereocenters. The van der Waals surface area contributed by atoms with Crippen LogP contribution in [0.25, 0.3) is 0 Å². The highest BCUT2D eigenvalue weighted by atomic mass is 16.4. The molecule has 0 radical (unpaired) electrons. The van der Waals surface area contributed by atoms with Crippen LogP contribution in [0.15, 0.2) is 0 Å². The average Bonchev–Trinajstić information content (AvgIpc) is 2.79. The van der Waals surface area contributed by atoms with Crippen molar-refractivity contribution in [2.75, 3.05) is 27.7 Å². The first-order valence-corrected chi connectivity index (χ1v) is 15.8. The second kappa shape index (κ2) is 21.9. The van der Waals surface area contributed by atoms with E-state index in [1.165, 1.54) is 109 Å². The zero-order valence-electron chi connectivity index (χ0n) is 25.5. The van der Waals surface area contributed by atoms with Crippen LogP contribution < -0.4 is 0 Å². The van der Waals surface area contributed by atoms with Crippen LogP contribution in [0, 0.1) is 5.92 Å². The molecule has 2 N–H and O–H groups in total. The predicted molar refractivity (Wildman–Crippen MR) is 157 cm³/mol. The molecule has 0 aromatic carbocycles. The number of quaternary nitrogens is 1. The third-order valence-electron chi connectivity index (χ3n) is 7.60. The molecule has 0 aliphatic carbocycles. The van der Waals surface area contributed by atoms with E-state index in [0.717, 1.165) is 25.2 Å². The van der Waals surface area contributed by atoms with Crippen molar-refractivity contribution < 1.29 is 24.3 Å². The summed E-state index contributed by atoms with van der Waals surface area (Å²) in [5, 5.41) is 19.9. The minimum Gasteiger partial charge on any atom is -0.481 e. The summed E-state index contributed by atoms with van der Waals surface area (Å²) < 4.78 is 0.355. The number of Topliss-reactive ketones (excluding diaryl/α,β-unsaturated/α-hetero) is 1. The molecule has 0 spiro atoms. The summed E-state index contributed by atoms with van der Waals surface area (Å²) in [7, 11) is 5.58. The molecule has 5 heteroatoms. The molecule has 0 saturated heterocycles. The van der Waals surface area contributed by atoms with Crippen LogP contribution in [0.4, 0.5) is 0 Å². The van der Waals surface area contributed by atoms with Crippen LogP contribution in [-0.2, 0) is 9.59 Å². The number of ketones is 1. The van der Waals surface area contributed by atoms with E-state index in [0.29, 0.717) is 4.48 Å². The lowest BCUT2D eigenvalue weighted by Crippen LogP contribution is -2.54. The molecule has 0 bridgehead atoms. The molecule has 0 fully saturated rings. The first-order valence-electron chi connectivity index (χ1n) is 15.8. The van der Waals surface area contributed by atoms with Gasteiger partial charge < -0.3 is 14.7 Å². The quantitative estimate of drug-likeness (QED) is 0.0833. The molecule has 0 aliphatic rings. The first kappa shape index (κ1) is 36.1. The molecule has 0 aromatic rings. The van der Waals surface area contributed by atoms with Gasteiger partial charge in [-0.25, -0.2) is 0 Å². The van der Waals surface area contributed by atoms with E-state index >= 15 is 0 Å². The number of aliphatic hydroxyl groups is 1. The minimum atomic E-state index is -1.77. The van der Waals surface area contributed by atoms with Gasteiger partial charge in [0.25, 0.3) is 0 Å². The van der Waals surface area contributed by atoms with Crippen LogP contribution in [0.1, 0.15) is 155 Å². The van der Waals surface area contributed by atoms with E-state index in [-0.39, 0.29) is 18.7 Å². The fraction of sp³-hybridized carbons (Fsp3) is 0.938. The smallest absolute Gasteiger partial charge is 0.306 e. The predicted octanol–water partition coefficient (Wildman–Crippen LogP) is 8.32. The van der Waals surface area contributed by atoms with E-state index < -0.39 is 18.0 Å². The zero-order valence-corrected chi connectivity index (χ0v) is 25.5. The summed E-state index contributed by atoms with van der Waals surface area (Å²) in [4.78, 5) is 23.8. The number of likely N-dealkylation sites (N-methyl/N-ethyl adjacent to an activating group) is 1. The lowest BCUT2D eigenvalue weighted by Gasteiger charge is -2.33. The lowest BCUT2D eigenvalue weighted by molar-refractivity contribution is -0.875. The van der Waals surface area contributed by atoms with Crippen molar-refractivity contribution in [2.45, 2.75) is 161 Å². The highest BCUT2D eigenvalue weighted by molar-refractivity contribution is 5.90. The van der Waals surface area contributed by atoms with Crippen LogP contribution >= 0.6 is 0 Å². The number of carboxylic acid groups (broad SMARTS) is 1. The fourth-order valence-electron chi connectivity index (χ4n) is 5.47. The number of nitrogens with zero attached hydrogens (tertiary/aromatic N) is 1. The normalized spacial score (nSPS) is 14.4. The molecule has 0 rings (SSSR count). The van der Waals surface area contributed by atoms with Gasteiger partial charge in [0.15, 0.2) is 11.4 Å². The highest BCUT2D eigenvalue weighted by Crippen LogP contribution is 2.21. The highest BCUT2D eigenvalue weighted by Gasteiger charge is 2.42. The van der Waals surface area contributed by atoms with E-state index in [9.17, 15) is 14.7 Å². The van der Waals surface area contributed by atoms with E-state index in [1.807, 2.05) is 21.1 Å². The standard InChI is InChI=1S/C32H63NO4/c1-6-7-8-9-10-11-12-13-15-18-21-24-29(2)25-22-19-16-14-17-20-23-26-30(34)32(37,27-31(35)36)28-33(3,4)5/h29,37H,6-28H2,1-5H3/p+1. The number of carboxylic acids is 1. The Balaban J connectivity index is 3.66. The molecular weight excluding hydrogens is 462 g/mol. The van der Waals surface area contributed by atoms with Crippen LogP contribution in [0.5, 0.6) is 0 Å². The van der Waals surface area contributed by atoms with Crippen molar-refractivity contribution in [1.82, 2.24) is 0 Å². The van der Waals surface area contributed by atoms with E-state index in [1.54, 1.807) is 0 Å². The van der Waals surface area contributed by atoms with Gasteiger partial charge >= 0.3 is 5.97 Å². The molecule has 0 heterocycles. The monoisotopic (exact) mass is 526 g/mol. The number of hydrogen-bond donors (Lipinski definition) is 2. The Labute approximate surface area is 230 Å². The molecule has 5 nitrogen and oxygen atoms in total. The van der Waals surface area contributed by atoms with Gasteiger partial charge in [0.05, 0.1) is 27.6 Å². The maximum absolute atomic E-state index is 12.6. The van der Waals surface area contributed by atoms with Gasteiger partial charge in [-0.2, -0.15) is 0 Å². The molecule has 0 aromatic heterocycles. The minimum absolute atomic E-state index is 0.121. The van der Waals surface area contributed by atoms with Crippen molar-refractivity contribution in [3.8, 4) is 0 Å². The molecule has 220 valence electrons. The molecule has 2 atom stereocenters. The molecule has 0 amide bonds. The van der Waals surface area contributed by atoms with Crippen LogP contribution in [0.3, 0.4) is 0 Å². The Hall–Kier alpha value is -0.940. The SMILES string of the molecule is CCCCCCCCCCCCCC(C)CCCCCCCCCC(=O)C(O)(CC(=O)O)C[N+](C)(C)C. The number of hydrogen-bond acceptors (Lipinski definition) is 3. The van der Waals surface area contributed by atoms with Gasteiger partial charge in [-0.15, -0.1) is 0 Å². The first-order chi connectivity index (χ1) is 17.5. The Morgan fingerprint density at radius 1 is 0.676 bits per heavy atom. The van der Waals surface area contributed by atoms with Gasteiger partial charge in [-0.3, -0.25) is 9.59 Å². The maximum atomic E-state index is 12.6. The van der Waals surface area contributed by atoms with E-state index in [4.69, 9.17) is 5.11 Å². The molecule has 0 aliphatic heterocycles. The van der Waals surface area contributed by atoms with Gasteiger partial charge in [-0.05, 0) is 12.3 Å². The Morgan fingerprint density at radius 3 is 1.43 bits per heavy atom. The summed E-state index contributed by atoms with van der Waals surface area (Å²) >= 11 is 0. The van der Waals surface area contributed by atoms with Crippen LogP contribution in [-0.4, -0.2) is 59.7 Å². The summed E-state index contributed by atoms with van der Waals surface area (Å²) in [6, 6.07) is 0. The number of aliphatic carboxylic acids is 1. The van der Waals surface area contributed by atoms with Crippen molar-refractivity contribution in [3.05, 3.63) is 0 Å². The lowest BCUT2D eigenvalue weighted by atomic mass is 9.89. The van der Waals surface area contributed by atoms with Crippen molar-refractivity contribution in [2.24, 2.45) is 5.92 Å². The summed E-state index contributed by atoms with van der Waals surface area (Å²) in [5.74, 6) is -0.604. The Kier molecular flexibility index (Phi) is 21.4. The van der Waals surface area contributed by atoms with E-state index in [2.05, 4.69) is 13.8 Å². The van der Waals surface area contributed by atoms with Crippen molar-refractivity contribution >= 4 is 11.8 Å². The summed E-state index contributed by atoms with van der Waals surface area (Å²) in [6.45, 7) is 4.82. The van der Waals surface area contributed by atoms with Crippen molar-refractivity contribution in [3.63, 3.8) is 0 Å². The van der Waals surface area contributed by atoms with Gasteiger partial charge in [0.1, 0.15) is 6.54 Å². The number of unbranched alkanes of at least 4 members (excludes halogenated alkanes) is 16. The third kappa shape index (κ3) is 22.7. The summed E-state index contributed by atoms with van der Waals surface area (Å²) in [5.41, 5.74) is -1.77. The fourth-order valence-corrected chi connectivity index (χ4v) is 5.47. The van der Waals surface area contributed by atoms with Gasteiger partial charge in [0.2, 0.25) is 0 Å². The second-order valence-electron chi connectivity index (χ2n) is 12.9. The molecule has 0 saturated carbocycles. The maximum Gasteiger partial charge on any atom is 0.306 e. The zero-order chi connectivity index (χ0) is 28.0. The molecular formula is C32H64NO4+.